The Hall–Kier alpha value is -0.500. The van der Waals surface area contributed by atoms with Crippen LogP contribution >= 0.6 is 11.8 Å². The minimum atomic E-state index is 0.258. The van der Waals surface area contributed by atoms with Crippen molar-refractivity contribution in [2.75, 3.05) is 71.1 Å². The van der Waals surface area contributed by atoms with Crippen LogP contribution in [0, 0.1) is 0 Å². The Balaban J connectivity index is 1.54. The van der Waals surface area contributed by atoms with Gasteiger partial charge in [0, 0.05) is 57.7 Å². The number of hydrogen-bond acceptors (Lipinski definition) is 5. The molecule has 3 heterocycles. The molecule has 7 heteroatoms. The highest BCUT2D eigenvalue weighted by molar-refractivity contribution is 7.99. The summed E-state index contributed by atoms with van der Waals surface area (Å²) in [4.78, 5) is 9.60. The van der Waals surface area contributed by atoms with Gasteiger partial charge in [-0.25, -0.2) is 0 Å². The average Bonchev–Trinajstić information content (AvgIpc) is 3.15. The lowest BCUT2D eigenvalue weighted by Crippen LogP contribution is -2.60. The number of guanidine groups is 1. The van der Waals surface area contributed by atoms with Crippen LogP contribution in [0.1, 0.15) is 26.2 Å². The van der Waals surface area contributed by atoms with Gasteiger partial charge in [0.25, 0.3) is 0 Å². The number of thioether (sulfide) groups is 1. The topological polar surface area (TPSA) is 49.3 Å². The predicted molar refractivity (Wildman–Crippen MR) is 105 cm³/mol. The molecule has 3 saturated heterocycles. The standard InChI is InChI=1S/C18H34N4O2S/c1-3-24-16-4-7-21(8-5-16)17(19-2)20-14-18(6-13-25-15-18)22-9-11-23-12-10-22/h16H,3-15H2,1-2H3,(H,19,20). The molecule has 3 fully saturated rings. The minimum absolute atomic E-state index is 0.258. The van der Waals surface area contributed by atoms with Crippen molar-refractivity contribution in [3.05, 3.63) is 0 Å². The Kier molecular flexibility index (Phi) is 7.28. The highest BCUT2D eigenvalue weighted by Gasteiger charge is 2.41. The Morgan fingerprint density at radius 3 is 2.64 bits per heavy atom. The maximum absolute atomic E-state index is 5.77. The van der Waals surface area contributed by atoms with E-state index in [1.165, 1.54) is 17.9 Å². The van der Waals surface area contributed by atoms with Gasteiger partial charge in [0.1, 0.15) is 0 Å². The molecule has 3 rings (SSSR count). The summed E-state index contributed by atoms with van der Waals surface area (Å²) < 4.78 is 11.3. The second kappa shape index (κ2) is 9.44. The van der Waals surface area contributed by atoms with Crippen LogP contribution in [-0.2, 0) is 9.47 Å². The predicted octanol–water partition coefficient (Wildman–Crippen LogP) is 1.27. The van der Waals surface area contributed by atoms with Gasteiger partial charge >= 0.3 is 0 Å². The molecule has 0 aliphatic carbocycles. The molecule has 25 heavy (non-hydrogen) atoms. The number of nitrogens with zero attached hydrogens (tertiary/aromatic N) is 3. The lowest BCUT2D eigenvalue weighted by Gasteiger charge is -2.44. The quantitative estimate of drug-likeness (QED) is 0.581. The fraction of sp³-hybridized carbons (Fsp3) is 0.944. The highest BCUT2D eigenvalue weighted by atomic mass is 32.2. The van der Waals surface area contributed by atoms with Crippen molar-refractivity contribution < 1.29 is 9.47 Å². The SMILES string of the molecule is CCOC1CCN(C(=NC)NCC2(N3CCOCC3)CCSC2)CC1. The first kappa shape index (κ1) is 19.3. The van der Waals surface area contributed by atoms with Crippen LogP contribution in [0.25, 0.3) is 0 Å². The largest absolute Gasteiger partial charge is 0.379 e. The fourth-order valence-electron chi connectivity index (χ4n) is 4.18. The van der Waals surface area contributed by atoms with Crippen LogP contribution < -0.4 is 5.32 Å². The van der Waals surface area contributed by atoms with E-state index >= 15 is 0 Å². The average molecular weight is 371 g/mol. The van der Waals surface area contributed by atoms with E-state index in [1.807, 2.05) is 7.05 Å². The van der Waals surface area contributed by atoms with Gasteiger partial charge in [-0.3, -0.25) is 9.89 Å². The van der Waals surface area contributed by atoms with E-state index < -0.39 is 0 Å². The third kappa shape index (κ3) is 4.81. The zero-order valence-corrected chi connectivity index (χ0v) is 16.7. The fourth-order valence-corrected chi connectivity index (χ4v) is 5.66. The summed E-state index contributed by atoms with van der Waals surface area (Å²) in [5, 5.41) is 3.71. The molecule has 3 aliphatic rings. The first-order chi connectivity index (χ1) is 12.3. The molecule has 1 unspecified atom stereocenters. The molecular weight excluding hydrogens is 336 g/mol. The number of morpholine rings is 1. The maximum Gasteiger partial charge on any atom is 0.193 e. The van der Waals surface area contributed by atoms with Crippen molar-refractivity contribution in [2.45, 2.75) is 37.8 Å². The summed E-state index contributed by atoms with van der Waals surface area (Å²) in [6.45, 7) is 9.79. The van der Waals surface area contributed by atoms with E-state index in [0.29, 0.717) is 6.10 Å². The van der Waals surface area contributed by atoms with Crippen LogP contribution in [0.3, 0.4) is 0 Å². The normalized spacial score (nSPS) is 30.0. The second-order valence-electron chi connectivity index (χ2n) is 7.17. The smallest absolute Gasteiger partial charge is 0.193 e. The second-order valence-corrected chi connectivity index (χ2v) is 8.27. The van der Waals surface area contributed by atoms with Crippen LogP contribution in [0.15, 0.2) is 4.99 Å². The lowest BCUT2D eigenvalue weighted by atomic mass is 9.95. The zero-order valence-electron chi connectivity index (χ0n) is 15.8. The van der Waals surface area contributed by atoms with Crippen LogP contribution in [0.5, 0.6) is 0 Å². The van der Waals surface area contributed by atoms with E-state index in [4.69, 9.17) is 9.47 Å². The van der Waals surface area contributed by atoms with Crippen molar-refractivity contribution in [2.24, 2.45) is 4.99 Å². The van der Waals surface area contributed by atoms with E-state index in [1.54, 1.807) is 0 Å². The van der Waals surface area contributed by atoms with Crippen LogP contribution in [-0.4, -0.2) is 98.5 Å². The van der Waals surface area contributed by atoms with Crippen LogP contribution in [0.2, 0.25) is 0 Å². The van der Waals surface area contributed by atoms with Gasteiger partial charge in [-0.05, 0) is 31.9 Å². The lowest BCUT2D eigenvalue weighted by molar-refractivity contribution is -0.0123. The molecule has 0 aromatic carbocycles. The molecule has 1 atom stereocenters. The summed E-state index contributed by atoms with van der Waals surface area (Å²) in [6, 6.07) is 0. The monoisotopic (exact) mass is 370 g/mol. The summed E-state index contributed by atoms with van der Waals surface area (Å²) in [6.07, 6.45) is 3.87. The Labute approximate surface area is 156 Å². The minimum Gasteiger partial charge on any atom is -0.379 e. The maximum atomic E-state index is 5.77. The number of aliphatic imine (C=N–C) groups is 1. The first-order valence-electron chi connectivity index (χ1n) is 9.75. The van der Waals surface area contributed by atoms with Crippen LogP contribution in [0.4, 0.5) is 0 Å². The van der Waals surface area contributed by atoms with E-state index in [0.717, 1.165) is 71.3 Å². The van der Waals surface area contributed by atoms with Crippen molar-refractivity contribution in [1.82, 2.24) is 15.1 Å². The Morgan fingerprint density at radius 1 is 1.28 bits per heavy atom. The highest BCUT2D eigenvalue weighted by Crippen LogP contribution is 2.33. The molecule has 0 amide bonds. The molecule has 1 N–H and O–H groups in total. The molecule has 144 valence electrons. The third-order valence-electron chi connectivity index (χ3n) is 5.70. The third-order valence-corrected chi connectivity index (χ3v) is 6.93. The van der Waals surface area contributed by atoms with Gasteiger partial charge in [-0.2, -0.15) is 11.8 Å². The molecular formula is C18H34N4O2S. The summed E-state index contributed by atoms with van der Waals surface area (Å²) in [7, 11) is 1.90. The van der Waals surface area contributed by atoms with E-state index in [9.17, 15) is 0 Å². The number of ether oxygens (including phenoxy) is 2. The first-order valence-corrected chi connectivity index (χ1v) is 10.9. The number of likely N-dealkylation sites (tertiary alicyclic amines) is 1. The number of rotatable bonds is 5. The molecule has 0 aromatic rings. The molecule has 0 spiro atoms. The van der Waals surface area contributed by atoms with Gasteiger partial charge in [-0.1, -0.05) is 0 Å². The van der Waals surface area contributed by atoms with Crippen molar-refractivity contribution >= 4 is 17.7 Å². The Morgan fingerprint density at radius 2 is 2.04 bits per heavy atom. The molecule has 0 aromatic heterocycles. The Bertz CT molecular complexity index is 429. The summed E-state index contributed by atoms with van der Waals surface area (Å²) in [5.74, 6) is 3.53. The van der Waals surface area contributed by atoms with Gasteiger partial charge in [-0.15, -0.1) is 0 Å². The number of hydrogen-bond donors (Lipinski definition) is 1. The zero-order chi connectivity index (χ0) is 17.5. The summed E-state index contributed by atoms with van der Waals surface area (Å²) in [5.41, 5.74) is 0.258. The number of piperidine rings is 1. The van der Waals surface area contributed by atoms with Gasteiger partial charge in [0.2, 0.25) is 0 Å². The molecule has 0 saturated carbocycles. The van der Waals surface area contributed by atoms with E-state index in [2.05, 4.69) is 38.8 Å². The van der Waals surface area contributed by atoms with Gasteiger partial charge in [0.05, 0.1) is 19.3 Å². The molecule has 6 nitrogen and oxygen atoms in total. The summed E-state index contributed by atoms with van der Waals surface area (Å²) >= 11 is 2.08. The molecule has 0 bridgehead atoms. The van der Waals surface area contributed by atoms with Gasteiger partial charge < -0.3 is 19.7 Å². The molecule has 0 radical (unpaired) electrons. The van der Waals surface area contributed by atoms with Crippen molar-refractivity contribution in [3.8, 4) is 0 Å². The van der Waals surface area contributed by atoms with E-state index in [-0.39, 0.29) is 5.54 Å². The van der Waals surface area contributed by atoms with Gasteiger partial charge in [0.15, 0.2) is 5.96 Å². The van der Waals surface area contributed by atoms with Crippen molar-refractivity contribution in [1.29, 1.82) is 0 Å². The van der Waals surface area contributed by atoms with Crippen molar-refractivity contribution in [3.63, 3.8) is 0 Å². The molecule has 3 aliphatic heterocycles. The number of nitrogens with one attached hydrogen (secondary N) is 1.